The summed E-state index contributed by atoms with van der Waals surface area (Å²) in [4.78, 5) is 37.4. The number of nitrogens with one attached hydrogen (secondary N) is 2. The van der Waals surface area contributed by atoms with Gasteiger partial charge in [-0.3, -0.25) is 9.69 Å². The van der Waals surface area contributed by atoms with Crippen LogP contribution in [0.2, 0.25) is 0 Å². The Morgan fingerprint density at radius 3 is 2.62 bits per heavy atom. The van der Waals surface area contributed by atoms with Gasteiger partial charge in [0.1, 0.15) is 5.82 Å². The Morgan fingerprint density at radius 1 is 1.00 bits per heavy atom. The van der Waals surface area contributed by atoms with Gasteiger partial charge in [-0.05, 0) is 53.4 Å². The van der Waals surface area contributed by atoms with Crippen LogP contribution in [0.25, 0.3) is 32.9 Å². The van der Waals surface area contributed by atoms with Crippen LogP contribution in [0.1, 0.15) is 27.3 Å². The number of benzene rings is 3. The molecule has 5 aromatic rings. The molecule has 9 nitrogen and oxygen atoms in total. The Kier molecular flexibility index (Phi) is 6.46. The van der Waals surface area contributed by atoms with Crippen molar-refractivity contribution in [1.82, 2.24) is 19.9 Å². The predicted molar refractivity (Wildman–Crippen MR) is 153 cm³/mol. The molecular weight excluding hydrogens is 528 g/mol. The van der Waals surface area contributed by atoms with Crippen molar-refractivity contribution >= 4 is 37.6 Å². The average Bonchev–Trinajstić information content (AvgIpc) is 3.41. The highest BCUT2D eigenvalue weighted by Crippen LogP contribution is 2.30. The number of rotatable bonds is 4. The van der Waals surface area contributed by atoms with E-state index in [0.717, 1.165) is 16.5 Å². The van der Waals surface area contributed by atoms with E-state index in [9.17, 15) is 23.1 Å². The third-order valence-electron chi connectivity index (χ3n) is 7.06. The van der Waals surface area contributed by atoms with Crippen LogP contribution >= 0.6 is 0 Å². The molecule has 0 spiro atoms. The van der Waals surface area contributed by atoms with Gasteiger partial charge in [0.2, 0.25) is 0 Å². The number of H-pyrrole nitrogens is 2. The number of nitrogens with zero attached hydrogens (tertiary/aromatic N) is 2. The monoisotopic (exact) mass is 552 g/mol. The molecule has 0 aliphatic carbocycles. The first-order valence-electron chi connectivity index (χ1n) is 12.7. The molecule has 1 saturated heterocycles. The van der Waals surface area contributed by atoms with Crippen LogP contribution in [-0.2, 0) is 16.4 Å². The summed E-state index contributed by atoms with van der Waals surface area (Å²) in [6.07, 6.45) is 1.83. The fourth-order valence-corrected chi connectivity index (χ4v) is 6.23. The SMILES string of the molecule is O=C(O)c1cccc(C#Cc2ccc3[nH]c(CN4CCS(=O)(=O)CC4)nc(=O)c3c2)c1-c1ccc2cc[nH]c2c1. The zero-order valence-electron chi connectivity index (χ0n) is 21.3. The Morgan fingerprint density at radius 2 is 1.82 bits per heavy atom. The van der Waals surface area contributed by atoms with Gasteiger partial charge in [0.05, 0.1) is 34.5 Å². The number of hydrogen-bond acceptors (Lipinski definition) is 6. The van der Waals surface area contributed by atoms with Gasteiger partial charge in [-0.25, -0.2) is 13.2 Å². The second kappa shape index (κ2) is 10.1. The molecule has 0 atom stereocenters. The average molecular weight is 553 g/mol. The van der Waals surface area contributed by atoms with Crippen LogP contribution in [0, 0.1) is 11.8 Å². The zero-order chi connectivity index (χ0) is 27.9. The molecule has 3 N–H and O–H groups in total. The molecule has 1 aliphatic heterocycles. The van der Waals surface area contributed by atoms with Crippen molar-refractivity contribution in [3.05, 3.63) is 99.7 Å². The van der Waals surface area contributed by atoms with E-state index in [4.69, 9.17) is 0 Å². The number of carboxylic acid groups (broad SMARTS) is 1. The van der Waals surface area contributed by atoms with Crippen LogP contribution in [0.4, 0.5) is 0 Å². The van der Waals surface area contributed by atoms with Crippen LogP contribution in [-0.4, -0.2) is 63.9 Å². The Labute approximate surface area is 229 Å². The molecule has 10 heteroatoms. The number of carbonyl (C=O) groups is 1. The van der Waals surface area contributed by atoms with E-state index >= 15 is 0 Å². The smallest absolute Gasteiger partial charge is 0.336 e. The standard InChI is InChI=1S/C30H24N4O5S/c35-29-24-16-19(5-9-25(24)32-27(33-29)18-34-12-14-40(38,39)15-13-34)4-6-21-2-1-3-23(30(36)37)28(21)22-8-7-20-10-11-31-26(20)17-22/h1-3,5,7-11,16-17,31H,12-15,18H2,(H,36,37)(H,32,33,35). The Bertz CT molecular complexity index is 2020. The van der Waals surface area contributed by atoms with Crippen molar-refractivity contribution in [2.24, 2.45) is 0 Å². The number of aromatic amines is 2. The number of carboxylic acids is 1. The predicted octanol–water partition coefficient (Wildman–Crippen LogP) is 3.40. The summed E-state index contributed by atoms with van der Waals surface area (Å²) in [5, 5.41) is 11.3. The summed E-state index contributed by atoms with van der Waals surface area (Å²) in [5.41, 5.74) is 3.64. The van der Waals surface area contributed by atoms with E-state index in [2.05, 4.69) is 26.8 Å². The van der Waals surface area contributed by atoms with E-state index < -0.39 is 21.4 Å². The summed E-state index contributed by atoms with van der Waals surface area (Å²) in [6, 6.07) is 17.9. The molecule has 3 aromatic carbocycles. The van der Waals surface area contributed by atoms with E-state index in [1.165, 1.54) is 0 Å². The highest BCUT2D eigenvalue weighted by molar-refractivity contribution is 7.91. The van der Waals surface area contributed by atoms with Crippen LogP contribution in [0.5, 0.6) is 0 Å². The van der Waals surface area contributed by atoms with Crippen LogP contribution in [0.15, 0.2) is 71.7 Å². The van der Waals surface area contributed by atoms with Crippen LogP contribution in [0.3, 0.4) is 0 Å². The summed E-state index contributed by atoms with van der Waals surface area (Å²) in [6.45, 7) is 1.17. The zero-order valence-corrected chi connectivity index (χ0v) is 22.1. The third-order valence-corrected chi connectivity index (χ3v) is 8.67. The first-order chi connectivity index (χ1) is 19.3. The van der Waals surface area contributed by atoms with Crippen molar-refractivity contribution < 1.29 is 18.3 Å². The minimum atomic E-state index is -2.99. The van der Waals surface area contributed by atoms with Crippen molar-refractivity contribution in [2.75, 3.05) is 24.6 Å². The summed E-state index contributed by atoms with van der Waals surface area (Å²) < 4.78 is 23.4. The van der Waals surface area contributed by atoms with Gasteiger partial charge in [-0.15, -0.1) is 0 Å². The van der Waals surface area contributed by atoms with E-state index in [1.807, 2.05) is 35.4 Å². The van der Waals surface area contributed by atoms with Crippen molar-refractivity contribution in [3.63, 3.8) is 0 Å². The van der Waals surface area contributed by atoms with Gasteiger partial charge < -0.3 is 15.1 Å². The van der Waals surface area contributed by atoms with E-state index in [0.29, 0.717) is 53.1 Å². The second-order valence-corrected chi connectivity index (χ2v) is 12.0. The van der Waals surface area contributed by atoms with Gasteiger partial charge in [0.15, 0.2) is 9.84 Å². The van der Waals surface area contributed by atoms with Gasteiger partial charge in [-0.1, -0.05) is 30.0 Å². The lowest BCUT2D eigenvalue weighted by molar-refractivity contribution is 0.0697. The molecule has 1 aliphatic rings. The molecule has 0 unspecified atom stereocenters. The summed E-state index contributed by atoms with van der Waals surface area (Å²) in [7, 11) is -2.99. The maximum absolute atomic E-state index is 12.9. The molecule has 2 aromatic heterocycles. The van der Waals surface area contributed by atoms with E-state index in [1.54, 1.807) is 36.4 Å². The topological polar surface area (TPSA) is 136 Å². The highest BCUT2D eigenvalue weighted by Gasteiger charge is 2.22. The summed E-state index contributed by atoms with van der Waals surface area (Å²) in [5.74, 6) is 5.82. The summed E-state index contributed by atoms with van der Waals surface area (Å²) >= 11 is 0. The highest BCUT2D eigenvalue weighted by atomic mass is 32.2. The number of hydrogen-bond donors (Lipinski definition) is 3. The molecule has 0 saturated carbocycles. The second-order valence-electron chi connectivity index (χ2n) is 9.74. The fraction of sp³-hybridized carbons (Fsp3) is 0.167. The number of aromatic nitrogens is 3. The molecule has 0 amide bonds. The Balaban J connectivity index is 1.33. The lowest BCUT2D eigenvalue weighted by Crippen LogP contribution is -2.40. The fourth-order valence-electron chi connectivity index (χ4n) is 4.96. The van der Waals surface area contributed by atoms with Crippen molar-refractivity contribution in [2.45, 2.75) is 6.54 Å². The van der Waals surface area contributed by atoms with Crippen molar-refractivity contribution in [1.29, 1.82) is 0 Å². The quantitative estimate of drug-likeness (QED) is 0.291. The number of sulfone groups is 1. The maximum atomic E-state index is 12.9. The first kappa shape index (κ1) is 25.6. The van der Waals surface area contributed by atoms with Gasteiger partial charge in [0.25, 0.3) is 5.56 Å². The largest absolute Gasteiger partial charge is 0.478 e. The molecule has 0 radical (unpaired) electrons. The lowest BCUT2D eigenvalue weighted by Gasteiger charge is -2.25. The molecule has 1 fully saturated rings. The molecule has 6 rings (SSSR count). The molecule has 40 heavy (non-hydrogen) atoms. The van der Waals surface area contributed by atoms with Crippen LogP contribution < -0.4 is 5.56 Å². The first-order valence-corrected chi connectivity index (χ1v) is 14.5. The normalized spacial score (nSPS) is 15.1. The lowest BCUT2D eigenvalue weighted by atomic mass is 9.93. The third kappa shape index (κ3) is 5.12. The maximum Gasteiger partial charge on any atom is 0.336 e. The Hall–Kier alpha value is -4.72. The van der Waals surface area contributed by atoms with Gasteiger partial charge in [-0.2, -0.15) is 4.98 Å². The molecule has 0 bridgehead atoms. The minimum Gasteiger partial charge on any atom is -0.478 e. The van der Waals surface area contributed by atoms with Gasteiger partial charge in [0, 0.05) is 41.5 Å². The minimum absolute atomic E-state index is 0.102. The van der Waals surface area contributed by atoms with Crippen molar-refractivity contribution in [3.8, 4) is 23.0 Å². The number of fused-ring (bicyclic) bond motifs is 2. The van der Waals surface area contributed by atoms with E-state index in [-0.39, 0.29) is 17.1 Å². The molecule has 200 valence electrons. The molecule has 3 heterocycles. The molecular formula is C30H24N4O5S. The van der Waals surface area contributed by atoms with Gasteiger partial charge >= 0.3 is 5.97 Å². The number of aromatic carboxylic acids is 1.